The van der Waals surface area contributed by atoms with Crippen molar-refractivity contribution < 1.29 is 9.50 Å². The second kappa shape index (κ2) is 6.75. The fourth-order valence-corrected chi connectivity index (χ4v) is 4.55. The Kier molecular flexibility index (Phi) is 4.54. The number of aromatic nitrogens is 2. The Bertz CT molecular complexity index is 831. The lowest BCUT2D eigenvalue weighted by molar-refractivity contribution is 0.141. The number of nitrogens with one attached hydrogen (secondary N) is 2. The summed E-state index contributed by atoms with van der Waals surface area (Å²) in [5, 5.41) is 16.4. The van der Waals surface area contributed by atoms with Gasteiger partial charge in [0, 0.05) is 6.04 Å². The molecule has 144 valence electrons. The lowest BCUT2D eigenvalue weighted by atomic mass is 9.86. The first-order valence-electron chi connectivity index (χ1n) is 9.66. The average Bonchev–Trinajstić information content (AvgIpc) is 3.08. The van der Waals surface area contributed by atoms with Crippen molar-refractivity contribution in [2.45, 2.75) is 63.6 Å². The van der Waals surface area contributed by atoms with Gasteiger partial charge in [-0.25, -0.2) is 9.97 Å². The Morgan fingerprint density at radius 3 is 2.52 bits per heavy atom. The van der Waals surface area contributed by atoms with Crippen molar-refractivity contribution in [1.29, 1.82) is 0 Å². The molecule has 27 heavy (non-hydrogen) atoms. The predicted octanol–water partition coefficient (Wildman–Crippen LogP) is 4.02. The third-order valence-corrected chi connectivity index (χ3v) is 6.06. The lowest BCUT2D eigenvalue weighted by Gasteiger charge is -2.20. The SMILES string of the molecule is C[C@H]1C[C@@H](Nc2ncnc(N[C@H]3CC(C)(C)c4ccccc43)c2F)C[C@@H]1O. The summed E-state index contributed by atoms with van der Waals surface area (Å²) in [5.74, 6) is 0.164. The van der Waals surface area contributed by atoms with Gasteiger partial charge in [-0.2, -0.15) is 4.39 Å². The number of benzene rings is 1. The van der Waals surface area contributed by atoms with E-state index in [9.17, 15) is 5.11 Å². The molecule has 5 nitrogen and oxygen atoms in total. The van der Waals surface area contributed by atoms with Gasteiger partial charge < -0.3 is 15.7 Å². The zero-order valence-corrected chi connectivity index (χ0v) is 16.0. The molecule has 6 heteroatoms. The van der Waals surface area contributed by atoms with Crippen LogP contribution >= 0.6 is 0 Å². The van der Waals surface area contributed by atoms with Gasteiger partial charge in [-0.05, 0) is 41.7 Å². The van der Waals surface area contributed by atoms with Crippen LogP contribution in [0.25, 0.3) is 0 Å². The van der Waals surface area contributed by atoms with Crippen LogP contribution in [0.2, 0.25) is 0 Å². The first-order chi connectivity index (χ1) is 12.8. The lowest BCUT2D eigenvalue weighted by Crippen LogP contribution is -2.20. The van der Waals surface area contributed by atoms with Crippen molar-refractivity contribution in [2.24, 2.45) is 5.92 Å². The van der Waals surface area contributed by atoms with Crippen LogP contribution in [0.3, 0.4) is 0 Å². The van der Waals surface area contributed by atoms with Gasteiger partial charge in [-0.1, -0.05) is 45.0 Å². The number of nitrogens with zero attached hydrogens (tertiary/aromatic N) is 2. The number of aliphatic hydroxyl groups excluding tert-OH is 1. The van der Waals surface area contributed by atoms with Crippen LogP contribution in [0, 0.1) is 11.7 Å². The average molecular weight is 370 g/mol. The number of hydrogen-bond donors (Lipinski definition) is 3. The summed E-state index contributed by atoms with van der Waals surface area (Å²) in [5.41, 5.74) is 2.53. The molecule has 1 fully saturated rings. The molecule has 2 aromatic rings. The van der Waals surface area contributed by atoms with E-state index in [1.807, 2.05) is 19.1 Å². The van der Waals surface area contributed by atoms with E-state index in [4.69, 9.17) is 0 Å². The Balaban J connectivity index is 1.54. The molecule has 2 aliphatic carbocycles. The predicted molar refractivity (Wildman–Crippen MR) is 104 cm³/mol. The summed E-state index contributed by atoms with van der Waals surface area (Å²) >= 11 is 0. The fraction of sp³-hybridized carbons (Fsp3) is 0.524. The standard InChI is InChI=1S/C21H27FN4O/c1-12-8-13(9-17(12)27)25-19-18(22)20(24-11-23-19)26-16-10-21(2,3)15-7-5-4-6-14(15)16/h4-7,11-13,16-17,27H,8-10H2,1-3H3,(H2,23,24,25,26)/t12-,13+,16-,17-/m0/s1. The summed E-state index contributed by atoms with van der Waals surface area (Å²) < 4.78 is 15.0. The molecule has 0 spiro atoms. The van der Waals surface area contributed by atoms with Crippen LogP contribution in [0.1, 0.15) is 57.2 Å². The van der Waals surface area contributed by atoms with E-state index < -0.39 is 5.82 Å². The van der Waals surface area contributed by atoms with Gasteiger partial charge in [0.2, 0.25) is 5.82 Å². The van der Waals surface area contributed by atoms with Crippen molar-refractivity contribution in [3.05, 3.63) is 47.5 Å². The molecule has 2 aliphatic rings. The van der Waals surface area contributed by atoms with E-state index in [1.165, 1.54) is 17.5 Å². The molecule has 0 bridgehead atoms. The van der Waals surface area contributed by atoms with E-state index in [1.54, 1.807) is 0 Å². The third-order valence-electron chi connectivity index (χ3n) is 6.06. The molecule has 0 amide bonds. The third kappa shape index (κ3) is 3.38. The Hall–Kier alpha value is -2.21. The van der Waals surface area contributed by atoms with Crippen molar-refractivity contribution in [2.75, 3.05) is 10.6 Å². The molecule has 0 radical (unpaired) electrons. The molecule has 3 N–H and O–H groups in total. The van der Waals surface area contributed by atoms with Crippen LogP contribution in [0.15, 0.2) is 30.6 Å². The van der Waals surface area contributed by atoms with Gasteiger partial charge in [0.15, 0.2) is 11.6 Å². The van der Waals surface area contributed by atoms with E-state index in [0.29, 0.717) is 6.42 Å². The molecular formula is C21H27FN4O. The topological polar surface area (TPSA) is 70.1 Å². The smallest absolute Gasteiger partial charge is 0.207 e. The largest absolute Gasteiger partial charge is 0.393 e. The number of fused-ring (bicyclic) bond motifs is 1. The highest BCUT2D eigenvalue weighted by Crippen LogP contribution is 2.45. The minimum Gasteiger partial charge on any atom is -0.393 e. The maximum absolute atomic E-state index is 15.0. The Morgan fingerprint density at radius 1 is 1.11 bits per heavy atom. The van der Waals surface area contributed by atoms with Gasteiger partial charge >= 0.3 is 0 Å². The molecular weight excluding hydrogens is 343 g/mol. The van der Waals surface area contributed by atoms with Gasteiger partial charge in [-0.15, -0.1) is 0 Å². The summed E-state index contributed by atoms with van der Waals surface area (Å²) in [6.45, 7) is 6.43. The maximum atomic E-state index is 15.0. The molecule has 1 saturated carbocycles. The second-order valence-corrected chi connectivity index (χ2v) is 8.61. The number of halogens is 1. The minimum absolute atomic E-state index is 0.0155. The number of hydrogen-bond acceptors (Lipinski definition) is 5. The van der Waals surface area contributed by atoms with Crippen LogP contribution in [0.4, 0.5) is 16.0 Å². The van der Waals surface area contributed by atoms with Crippen LogP contribution in [0.5, 0.6) is 0 Å². The van der Waals surface area contributed by atoms with E-state index in [2.05, 4.69) is 46.6 Å². The van der Waals surface area contributed by atoms with Crippen molar-refractivity contribution in [3.63, 3.8) is 0 Å². The van der Waals surface area contributed by atoms with Gasteiger partial charge in [0.1, 0.15) is 6.33 Å². The van der Waals surface area contributed by atoms with E-state index in [-0.39, 0.29) is 41.2 Å². The highest BCUT2D eigenvalue weighted by molar-refractivity contribution is 5.53. The fourth-order valence-electron chi connectivity index (χ4n) is 4.55. The Morgan fingerprint density at radius 2 is 1.81 bits per heavy atom. The summed E-state index contributed by atoms with van der Waals surface area (Å²) in [6.07, 6.45) is 3.33. The number of aliphatic hydroxyl groups is 1. The first-order valence-corrected chi connectivity index (χ1v) is 9.66. The normalized spacial score (nSPS) is 28.8. The molecule has 1 aromatic heterocycles. The number of anilines is 2. The zero-order valence-electron chi connectivity index (χ0n) is 16.0. The molecule has 4 atom stereocenters. The van der Waals surface area contributed by atoms with Gasteiger partial charge in [0.05, 0.1) is 12.1 Å². The van der Waals surface area contributed by atoms with Crippen molar-refractivity contribution in [1.82, 2.24) is 9.97 Å². The summed E-state index contributed by atoms with van der Waals surface area (Å²) in [6, 6.07) is 8.35. The van der Waals surface area contributed by atoms with Crippen molar-refractivity contribution >= 4 is 11.6 Å². The first kappa shape index (κ1) is 18.2. The van der Waals surface area contributed by atoms with Crippen LogP contribution < -0.4 is 10.6 Å². The van der Waals surface area contributed by atoms with Gasteiger partial charge in [-0.3, -0.25) is 0 Å². The van der Waals surface area contributed by atoms with E-state index in [0.717, 1.165) is 12.8 Å². The summed E-state index contributed by atoms with van der Waals surface area (Å²) in [7, 11) is 0. The quantitative estimate of drug-likeness (QED) is 0.758. The molecule has 0 saturated heterocycles. The van der Waals surface area contributed by atoms with Crippen molar-refractivity contribution in [3.8, 4) is 0 Å². The second-order valence-electron chi connectivity index (χ2n) is 8.61. The molecule has 1 heterocycles. The zero-order chi connectivity index (χ0) is 19.2. The summed E-state index contributed by atoms with van der Waals surface area (Å²) in [4.78, 5) is 8.22. The highest BCUT2D eigenvalue weighted by atomic mass is 19.1. The van der Waals surface area contributed by atoms with Crippen LogP contribution in [-0.4, -0.2) is 27.2 Å². The minimum atomic E-state index is -0.464. The molecule has 0 unspecified atom stereocenters. The molecule has 1 aromatic carbocycles. The molecule has 4 rings (SSSR count). The van der Waals surface area contributed by atoms with Crippen LogP contribution in [-0.2, 0) is 5.41 Å². The highest BCUT2D eigenvalue weighted by Gasteiger charge is 2.37. The number of rotatable bonds is 4. The maximum Gasteiger partial charge on any atom is 0.207 e. The molecule has 0 aliphatic heterocycles. The monoisotopic (exact) mass is 370 g/mol. The Labute approximate surface area is 159 Å². The van der Waals surface area contributed by atoms with Gasteiger partial charge in [0.25, 0.3) is 0 Å². The van der Waals surface area contributed by atoms with E-state index >= 15 is 4.39 Å².